The quantitative estimate of drug-likeness (QED) is 0.101. The molecule has 0 atom stereocenters. The highest BCUT2D eigenvalue weighted by Crippen LogP contribution is 2.66. The summed E-state index contributed by atoms with van der Waals surface area (Å²) >= 11 is -3.76. The van der Waals surface area contributed by atoms with Crippen LogP contribution in [0.3, 0.4) is 0 Å². The summed E-state index contributed by atoms with van der Waals surface area (Å²) < 4.78 is 144. The first-order valence-corrected chi connectivity index (χ1v) is 58.2. The van der Waals surface area contributed by atoms with Crippen molar-refractivity contribution in [3.05, 3.63) is 231 Å². The average Bonchev–Trinajstić information content (AvgIpc) is 0.751. The molecule has 142 heavy (non-hydrogen) atoms. The molecule has 0 aromatic heterocycles. The predicted octanol–water partition coefficient (Wildman–Crippen LogP) is 34.0. The summed E-state index contributed by atoms with van der Waals surface area (Å²) in [7, 11) is -18.7. The van der Waals surface area contributed by atoms with E-state index in [4.69, 9.17) is 50.5 Å². The minimum atomic E-state index is -4.68. The fourth-order valence-electron chi connectivity index (χ4n) is 18.1. The summed E-state index contributed by atoms with van der Waals surface area (Å²) in [5.74, 6) is 3.11. The largest absolute Gasteiger partial charge is 0.689 e. The molecular formula is C118H176Al2O18P4. The third-order valence-electron chi connectivity index (χ3n) is 27.5. The highest BCUT2D eigenvalue weighted by molar-refractivity contribution is 7.53. The van der Waals surface area contributed by atoms with Crippen LogP contribution in [0.4, 0.5) is 0 Å². The van der Waals surface area contributed by atoms with Crippen LogP contribution in [0.5, 0.6) is 46.0 Å². The van der Waals surface area contributed by atoms with Crippen molar-refractivity contribution < 1.29 is 79.7 Å². The normalized spacial score (nSPS) is 18.7. The van der Waals surface area contributed by atoms with Crippen LogP contribution in [-0.2, 0) is 132 Å². The lowest BCUT2D eigenvalue weighted by Crippen LogP contribution is -2.25. The van der Waals surface area contributed by atoms with Crippen LogP contribution in [0.2, 0.25) is 0 Å². The number of rotatable bonds is 8. The SMILES string of the molecule is CC(C)(C)c1cc2c(c(C(C)(C)C)c1)OP(=O)([O][Al][O]P1(=O)Oc3c(cc(C(C)(C)C)cc3C(C)(C)C)Cc3cc(C(C)(C)C)cc(C(C)(C)C)c3O1)Oc1c(cc(C(C)(C)C)cc1C(C)(C)C)C2.CC1c2cc(C(C)(C)C)cc(C(C)(C)C)c2OP(=O)([O][Al][O]P2(=O)Oc3c(cc(C(C)(C)C)cc3C(C)(C)C)C(C)c3cc(C(C)(C)C)cc(C(C)(C)C)c3O2)Oc2c1cc(C(C)(C)C)cc2C(C)(C)C.O.O. The van der Waals surface area contributed by atoms with Gasteiger partial charge in [-0.25, -0.2) is 18.3 Å². The maximum Gasteiger partial charge on any atom is 0.689 e. The third kappa shape index (κ3) is 26.7. The first kappa shape index (κ1) is 119. The molecule has 0 saturated heterocycles. The monoisotopic (exact) mass is 2060 g/mol. The molecule has 24 heteroatoms. The molecular weight excluding hydrogens is 1880 g/mol. The van der Waals surface area contributed by atoms with E-state index in [-0.39, 0.29) is 66.1 Å². The lowest BCUT2D eigenvalue weighted by atomic mass is 9.74. The molecule has 12 rings (SSSR count). The van der Waals surface area contributed by atoms with E-state index >= 15 is 18.3 Å². The van der Waals surface area contributed by atoms with Gasteiger partial charge in [-0.1, -0.05) is 443 Å². The van der Waals surface area contributed by atoms with E-state index < -0.39 is 106 Å². The van der Waals surface area contributed by atoms with Crippen LogP contribution in [0.15, 0.2) is 97.1 Å². The summed E-state index contributed by atoms with van der Waals surface area (Å²) in [6, 6.07) is 34.7. The zero-order valence-corrected chi connectivity index (χ0v) is 102. The lowest BCUT2D eigenvalue weighted by molar-refractivity contribution is 0.252. The topological polar surface area (TPSA) is 242 Å². The van der Waals surface area contributed by atoms with Crippen molar-refractivity contribution >= 4 is 63.1 Å². The molecule has 0 unspecified atom stereocenters. The Hall–Kier alpha value is -6.10. The molecule has 0 amide bonds. The van der Waals surface area contributed by atoms with Gasteiger partial charge in [0.1, 0.15) is 46.0 Å². The number of phosphoric ester groups is 4. The number of benzene rings is 8. The van der Waals surface area contributed by atoms with Gasteiger partial charge in [0.15, 0.2) is 0 Å². The van der Waals surface area contributed by atoms with Crippen LogP contribution in [0.25, 0.3) is 0 Å². The molecule has 0 spiro atoms. The second kappa shape index (κ2) is 39.4. The first-order valence-electron chi connectivity index (χ1n) is 50.5. The molecule has 4 aliphatic heterocycles. The van der Waals surface area contributed by atoms with Crippen molar-refractivity contribution in [2.24, 2.45) is 0 Å². The predicted molar refractivity (Wildman–Crippen MR) is 590 cm³/mol. The Morgan fingerprint density at radius 3 is 0.444 bits per heavy atom. The summed E-state index contributed by atoms with van der Waals surface area (Å²) in [5.41, 5.74) is 18.0. The van der Waals surface area contributed by atoms with Crippen LogP contribution in [-0.4, -0.2) is 42.7 Å². The number of phosphoric acid groups is 4. The van der Waals surface area contributed by atoms with Gasteiger partial charge in [0.25, 0.3) is 0 Å². The molecule has 2 radical (unpaired) electrons. The van der Waals surface area contributed by atoms with Crippen LogP contribution in [0.1, 0.15) is 492 Å². The molecule has 18 nitrogen and oxygen atoms in total. The van der Waals surface area contributed by atoms with Crippen molar-refractivity contribution in [1.29, 1.82) is 0 Å². The van der Waals surface area contributed by atoms with E-state index in [1.54, 1.807) is 0 Å². The van der Waals surface area contributed by atoms with Crippen molar-refractivity contribution in [3.8, 4) is 46.0 Å². The van der Waals surface area contributed by atoms with E-state index in [9.17, 15) is 0 Å². The highest BCUT2D eigenvalue weighted by atomic mass is 31.2. The van der Waals surface area contributed by atoms with E-state index in [0.717, 1.165) is 134 Å². The van der Waals surface area contributed by atoms with Crippen LogP contribution >= 0.6 is 31.3 Å². The molecule has 0 aliphatic carbocycles. The summed E-state index contributed by atoms with van der Waals surface area (Å²) in [6.45, 7) is 108. The summed E-state index contributed by atoms with van der Waals surface area (Å²) in [4.78, 5) is 0. The third-order valence-corrected chi connectivity index (χ3v) is 36.2. The number of hydrogen-bond donors (Lipinski definition) is 0. The molecule has 4 aliphatic rings. The maximum absolute atomic E-state index is 16.0. The molecule has 4 N–H and O–H groups in total. The molecule has 0 saturated carbocycles. The van der Waals surface area contributed by atoms with Crippen LogP contribution < -0.4 is 36.2 Å². The van der Waals surface area contributed by atoms with E-state index in [1.165, 1.54) is 0 Å². The van der Waals surface area contributed by atoms with E-state index in [0.29, 0.717) is 58.8 Å². The molecule has 0 bridgehead atoms. The Bertz CT molecular complexity index is 5570. The van der Waals surface area contributed by atoms with Gasteiger partial charge in [-0.05, 0) is 153 Å². The highest BCUT2D eigenvalue weighted by Gasteiger charge is 2.51. The molecule has 4 heterocycles. The standard InChI is InChI=1S/2C30H45O4P.2C29H43O4P.2Al.2H2O/c2*1-18-21-14-19(27(2,3)4)16-23(29(8,9)10)25(21)33-35(31,32)34-26-22(18)15-20(28(5,6)7)17-24(26)30(11,12)13;2*1-26(2,3)20-14-18-13-19-15-21(27(4,5)6)17-23(29(10,11)12)25(19)33-34(30,31)32-24(18)22(16-20)28(7,8)9;;;;/h2*14-18H,1-13H3,(H,31,32);2*14-17H,13H2,1-12H3,(H,30,31);;;2*1H2/q;;;;2*+2;;/p-4. The van der Waals surface area contributed by atoms with Gasteiger partial charge >= 0.3 is 63.1 Å². The number of fused-ring (bicyclic) bond motifs is 8. The second-order valence-electron chi connectivity index (χ2n) is 56.7. The van der Waals surface area contributed by atoms with Gasteiger partial charge in [0, 0.05) is 91.4 Å². The zero-order chi connectivity index (χ0) is 106. The summed E-state index contributed by atoms with van der Waals surface area (Å²) in [6.07, 6.45) is 0.952. The fraction of sp³-hybridized carbons (Fsp3) is 0.593. The maximum atomic E-state index is 16.0. The van der Waals surface area contributed by atoms with Gasteiger partial charge in [-0.3, -0.25) is 0 Å². The van der Waals surface area contributed by atoms with Crippen LogP contribution in [0, 0.1) is 0 Å². The molecule has 8 aromatic rings. The molecule has 0 fully saturated rings. The van der Waals surface area contributed by atoms with E-state index in [2.05, 4.69) is 443 Å². The Kier molecular flexibility index (Phi) is 33.1. The molecule has 782 valence electrons. The van der Waals surface area contributed by atoms with Gasteiger partial charge in [-0.2, -0.15) is 0 Å². The van der Waals surface area contributed by atoms with Gasteiger partial charge in [0.05, 0.1) is 0 Å². The van der Waals surface area contributed by atoms with Crippen molar-refractivity contribution in [3.63, 3.8) is 0 Å². The first-order chi connectivity index (χ1) is 62.6. The Labute approximate surface area is 870 Å². The minimum Gasteiger partial charge on any atom is -0.412 e. The Morgan fingerprint density at radius 2 is 0.317 bits per heavy atom. The van der Waals surface area contributed by atoms with Gasteiger partial charge < -0.3 is 61.4 Å². The molecule has 8 aromatic carbocycles. The Morgan fingerprint density at radius 1 is 0.197 bits per heavy atom. The van der Waals surface area contributed by atoms with Crippen molar-refractivity contribution in [2.45, 2.75) is 458 Å². The zero-order valence-electron chi connectivity index (χ0n) is 96.3. The minimum absolute atomic E-state index is 0. The summed E-state index contributed by atoms with van der Waals surface area (Å²) in [5, 5.41) is 0. The van der Waals surface area contributed by atoms with E-state index in [1.807, 2.05) is 0 Å². The van der Waals surface area contributed by atoms with Gasteiger partial charge in [-0.15, -0.1) is 0 Å². The lowest BCUT2D eigenvalue weighted by Gasteiger charge is -2.37. The van der Waals surface area contributed by atoms with Gasteiger partial charge in [0.2, 0.25) is 0 Å². The Balaban J connectivity index is 0.000000313. The van der Waals surface area contributed by atoms with Crippen molar-refractivity contribution in [1.82, 2.24) is 0 Å². The smallest absolute Gasteiger partial charge is 0.412 e. The van der Waals surface area contributed by atoms with Crippen molar-refractivity contribution in [2.75, 3.05) is 0 Å². The second-order valence-corrected chi connectivity index (χ2v) is 65.5. The number of hydrogen-bond acceptors (Lipinski definition) is 16. The fourth-order valence-corrected chi connectivity index (χ4v) is 25.7. The average molecular weight is 2060 g/mol.